The van der Waals surface area contributed by atoms with Crippen LogP contribution in [-0.2, 0) is 0 Å². The summed E-state index contributed by atoms with van der Waals surface area (Å²) in [6.07, 6.45) is 4.84. The number of furan rings is 1. The summed E-state index contributed by atoms with van der Waals surface area (Å²) in [5, 5.41) is 3.37. The van der Waals surface area contributed by atoms with Gasteiger partial charge < -0.3 is 25.1 Å². The number of urea groups is 1. The second-order valence-electron chi connectivity index (χ2n) is 8.72. The third-order valence-electron chi connectivity index (χ3n) is 6.34. The number of hydrogen-bond acceptors (Lipinski definition) is 5. The summed E-state index contributed by atoms with van der Waals surface area (Å²) in [6.45, 7) is 2.40. The Morgan fingerprint density at radius 2 is 2.00 bits per heavy atom. The van der Waals surface area contributed by atoms with E-state index in [2.05, 4.69) is 10.3 Å². The van der Waals surface area contributed by atoms with Gasteiger partial charge in [-0.25, -0.2) is 18.6 Å². The first-order valence-corrected chi connectivity index (χ1v) is 12.5. The maximum atomic E-state index is 14.1. The number of nitrogen functional groups attached to an aromatic ring is 1. The van der Waals surface area contributed by atoms with Gasteiger partial charge in [0.05, 0.1) is 22.4 Å². The average Bonchev–Trinajstić information content (AvgIpc) is 3.34. The zero-order valence-electron chi connectivity index (χ0n) is 20.1. The molecule has 4 aromatic rings. The molecule has 5 rings (SSSR count). The molecule has 7 nitrogen and oxygen atoms in total. The SMILES string of the molecule is CC(Oc1c(N)ncc2c(C3=CCN(C(=O)Nc4ccccc4F)CC3)coc12)c1c(Cl)ccc(F)c1Cl. The quantitative estimate of drug-likeness (QED) is 0.248. The predicted octanol–water partition coefficient (Wildman–Crippen LogP) is 7.46. The molecule has 1 aliphatic rings. The van der Waals surface area contributed by atoms with Gasteiger partial charge in [-0.05, 0) is 43.2 Å². The van der Waals surface area contributed by atoms with E-state index in [0.29, 0.717) is 30.5 Å². The summed E-state index contributed by atoms with van der Waals surface area (Å²) in [4.78, 5) is 18.5. The lowest BCUT2D eigenvalue weighted by molar-refractivity contribution is 0.217. The number of aromatic nitrogens is 1. The van der Waals surface area contributed by atoms with E-state index in [1.807, 2.05) is 6.08 Å². The zero-order valence-corrected chi connectivity index (χ0v) is 21.6. The second kappa shape index (κ2) is 10.5. The van der Waals surface area contributed by atoms with Gasteiger partial charge in [-0.3, -0.25) is 0 Å². The molecule has 3 heterocycles. The summed E-state index contributed by atoms with van der Waals surface area (Å²) in [5.74, 6) is -0.852. The molecule has 0 radical (unpaired) electrons. The van der Waals surface area contributed by atoms with Gasteiger partial charge in [-0.15, -0.1) is 0 Å². The Bertz CT molecular complexity index is 1570. The van der Waals surface area contributed by atoms with Crippen LogP contribution >= 0.6 is 23.2 Å². The van der Waals surface area contributed by atoms with Crippen molar-refractivity contribution < 1.29 is 22.7 Å². The topological polar surface area (TPSA) is 93.6 Å². The fourth-order valence-electron chi connectivity index (χ4n) is 4.35. The van der Waals surface area contributed by atoms with Crippen molar-refractivity contribution in [3.63, 3.8) is 0 Å². The molecular formula is C27H22Cl2F2N4O3. The molecule has 0 saturated carbocycles. The highest BCUT2D eigenvalue weighted by Gasteiger charge is 2.25. The van der Waals surface area contributed by atoms with Crippen LogP contribution in [0.1, 0.15) is 30.6 Å². The fraction of sp³-hybridized carbons (Fsp3) is 0.185. The first-order valence-electron chi connectivity index (χ1n) is 11.7. The Morgan fingerprint density at radius 3 is 2.74 bits per heavy atom. The smallest absolute Gasteiger partial charge is 0.322 e. The third kappa shape index (κ3) is 4.87. The molecule has 3 N–H and O–H groups in total. The number of rotatable bonds is 5. The lowest BCUT2D eigenvalue weighted by Gasteiger charge is -2.26. The van der Waals surface area contributed by atoms with Gasteiger partial charge in [0.1, 0.15) is 17.7 Å². The highest BCUT2D eigenvalue weighted by atomic mass is 35.5. The van der Waals surface area contributed by atoms with E-state index < -0.39 is 23.8 Å². The number of pyridine rings is 1. The zero-order chi connectivity index (χ0) is 27.0. The molecule has 2 amide bonds. The number of halogens is 4. The van der Waals surface area contributed by atoms with Gasteiger partial charge in [-0.2, -0.15) is 0 Å². The van der Waals surface area contributed by atoms with Gasteiger partial charge in [0, 0.05) is 35.4 Å². The van der Waals surface area contributed by atoms with Crippen LogP contribution in [0.3, 0.4) is 0 Å². The van der Waals surface area contributed by atoms with E-state index in [-0.39, 0.29) is 32.9 Å². The van der Waals surface area contributed by atoms with Crippen LogP contribution in [0.4, 0.5) is 25.1 Å². The fourth-order valence-corrected chi connectivity index (χ4v) is 5.03. The first-order chi connectivity index (χ1) is 18.2. The van der Waals surface area contributed by atoms with Crippen molar-refractivity contribution in [2.75, 3.05) is 24.1 Å². The number of amides is 2. The lowest BCUT2D eigenvalue weighted by atomic mass is 9.99. The number of benzene rings is 2. The van der Waals surface area contributed by atoms with E-state index in [4.69, 9.17) is 38.1 Å². The minimum Gasteiger partial charge on any atom is -0.478 e. The van der Waals surface area contributed by atoms with Crippen LogP contribution in [0.5, 0.6) is 5.75 Å². The summed E-state index contributed by atoms with van der Waals surface area (Å²) in [5.41, 5.74) is 8.59. The number of carbonyl (C=O) groups is 1. The van der Waals surface area contributed by atoms with Crippen LogP contribution in [0.25, 0.3) is 16.5 Å². The molecule has 1 unspecified atom stereocenters. The molecule has 0 spiro atoms. The number of nitrogens with zero attached hydrogens (tertiary/aromatic N) is 2. The molecule has 2 aromatic carbocycles. The number of hydrogen-bond donors (Lipinski definition) is 2. The van der Waals surface area contributed by atoms with Crippen molar-refractivity contribution >= 4 is 57.3 Å². The number of fused-ring (bicyclic) bond motifs is 1. The molecular weight excluding hydrogens is 537 g/mol. The van der Waals surface area contributed by atoms with Gasteiger partial charge in [-0.1, -0.05) is 41.4 Å². The number of anilines is 2. The Balaban J connectivity index is 1.37. The van der Waals surface area contributed by atoms with E-state index in [1.54, 1.807) is 36.4 Å². The molecule has 196 valence electrons. The molecule has 0 aliphatic carbocycles. The average molecular weight is 559 g/mol. The Morgan fingerprint density at radius 1 is 1.21 bits per heavy atom. The minimum absolute atomic E-state index is 0.0857. The van der Waals surface area contributed by atoms with Crippen LogP contribution in [-0.4, -0.2) is 29.0 Å². The van der Waals surface area contributed by atoms with E-state index >= 15 is 0 Å². The predicted molar refractivity (Wildman–Crippen MR) is 143 cm³/mol. The number of nitrogens with one attached hydrogen (secondary N) is 1. The third-order valence-corrected chi connectivity index (χ3v) is 7.05. The van der Waals surface area contributed by atoms with Crippen molar-refractivity contribution in [3.05, 3.63) is 87.7 Å². The van der Waals surface area contributed by atoms with Crippen LogP contribution < -0.4 is 15.8 Å². The molecule has 1 atom stereocenters. The summed E-state index contributed by atoms with van der Waals surface area (Å²) >= 11 is 12.4. The summed E-state index contributed by atoms with van der Waals surface area (Å²) in [6, 6.07) is 8.19. The monoisotopic (exact) mass is 558 g/mol. The van der Waals surface area contributed by atoms with Crippen molar-refractivity contribution in [2.45, 2.75) is 19.4 Å². The lowest BCUT2D eigenvalue weighted by Crippen LogP contribution is -2.38. The second-order valence-corrected chi connectivity index (χ2v) is 9.50. The summed E-state index contributed by atoms with van der Waals surface area (Å²) in [7, 11) is 0. The molecule has 1 aliphatic heterocycles. The van der Waals surface area contributed by atoms with Crippen LogP contribution in [0.2, 0.25) is 10.0 Å². The van der Waals surface area contributed by atoms with Crippen molar-refractivity contribution in [1.29, 1.82) is 0 Å². The van der Waals surface area contributed by atoms with Crippen LogP contribution in [0, 0.1) is 11.6 Å². The summed E-state index contributed by atoms with van der Waals surface area (Å²) < 4.78 is 39.8. The van der Waals surface area contributed by atoms with E-state index in [0.717, 1.165) is 11.1 Å². The normalized spacial score (nSPS) is 14.3. The van der Waals surface area contributed by atoms with Gasteiger partial charge in [0.25, 0.3) is 0 Å². The Labute approximate surface area is 226 Å². The van der Waals surface area contributed by atoms with Crippen LogP contribution in [0.15, 0.2) is 59.4 Å². The van der Waals surface area contributed by atoms with E-state index in [9.17, 15) is 13.6 Å². The Hall–Kier alpha value is -3.82. The molecule has 2 aromatic heterocycles. The van der Waals surface area contributed by atoms with Crippen molar-refractivity contribution in [1.82, 2.24) is 9.88 Å². The van der Waals surface area contributed by atoms with Gasteiger partial charge in [0.15, 0.2) is 11.4 Å². The van der Waals surface area contributed by atoms with Crippen molar-refractivity contribution in [3.8, 4) is 5.75 Å². The van der Waals surface area contributed by atoms with E-state index in [1.165, 1.54) is 24.3 Å². The highest BCUT2D eigenvalue weighted by Crippen LogP contribution is 2.41. The standard InChI is InChI=1S/C27H22Cl2F2N4O3/c1-14(22-18(28)6-7-20(31)23(22)29)38-25-24-16(12-33-26(25)32)17(13-37-24)15-8-10-35(11-9-15)27(36)34-21-5-3-2-4-19(21)30/h2-8,12-14H,9-11H2,1H3,(H2,32,33)(H,34,36). The maximum Gasteiger partial charge on any atom is 0.322 e. The van der Waals surface area contributed by atoms with Gasteiger partial charge >= 0.3 is 6.03 Å². The first kappa shape index (κ1) is 25.8. The highest BCUT2D eigenvalue weighted by molar-refractivity contribution is 6.36. The van der Waals surface area contributed by atoms with Crippen molar-refractivity contribution in [2.24, 2.45) is 0 Å². The molecule has 11 heteroatoms. The minimum atomic E-state index is -0.760. The van der Waals surface area contributed by atoms with Gasteiger partial charge in [0.2, 0.25) is 5.75 Å². The molecule has 0 saturated heterocycles. The Kier molecular flexibility index (Phi) is 7.14. The number of para-hydroxylation sites is 1. The molecule has 38 heavy (non-hydrogen) atoms. The maximum absolute atomic E-state index is 14.1. The largest absolute Gasteiger partial charge is 0.478 e. The number of nitrogens with two attached hydrogens (primary N) is 1. The molecule has 0 bridgehead atoms. The number of carbonyl (C=O) groups excluding carboxylic acids is 1. The molecule has 0 fully saturated rings. The number of ether oxygens (including phenoxy) is 1.